The molecule has 0 bridgehead atoms. The molecule has 0 aromatic heterocycles. The number of hydrogen-bond acceptors (Lipinski definition) is 4. The molecule has 0 unspecified atom stereocenters. The molecule has 0 saturated carbocycles. The van der Waals surface area contributed by atoms with Gasteiger partial charge in [-0.3, -0.25) is 4.79 Å². The summed E-state index contributed by atoms with van der Waals surface area (Å²) < 4.78 is 0. The molecule has 0 rings (SSSR count). The van der Waals surface area contributed by atoms with E-state index in [0.717, 1.165) is 67.6 Å². The topological polar surface area (TPSA) is 85.1 Å². The number of nitrogens with one attached hydrogen (secondary N) is 1. The van der Waals surface area contributed by atoms with Crippen LogP contribution in [-0.2, 0) is 9.59 Å². The number of nitrogens with zero attached hydrogens (tertiary/aromatic N) is 1. The van der Waals surface area contributed by atoms with Crippen LogP contribution in [0.1, 0.15) is 277 Å². The van der Waals surface area contributed by atoms with Gasteiger partial charge in [-0.2, -0.15) is 0 Å². The number of unbranched alkanes of at least 4 members (excludes halogenated alkanes) is 22. The maximum atomic E-state index is 10.3. The molecule has 0 spiro atoms. The highest BCUT2D eigenvalue weighted by molar-refractivity contribution is 5.66. The maximum Gasteiger partial charge on any atom is 0.303 e. The summed E-state index contributed by atoms with van der Waals surface area (Å²) in [4.78, 5) is 24.9. The van der Waals surface area contributed by atoms with Crippen LogP contribution in [0.25, 0.3) is 0 Å². The summed E-state index contributed by atoms with van der Waals surface area (Å²) in [6.07, 6.45) is 42.1. The Morgan fingerprint density at radius 3 is 0.909 bits per heavy atom. The average molecular weight is 936 g/mol. The quantitative estimate of drug-likeness (QED) is 0.0470. The lowest BCUT2D eigenvalue weighted by molar-refractivity contribution is -0.909. The van der Waals surface area contributed by atoms with Gasteiger partial charge in [0.05, 0.1) is 19.6 Å². The van der Waals surface area contributed by atoms with Gasteiger partial charge >= 0.3 is 5.97 Å². The predicted molar refractivity (Wildman–Crippen MR) is 293 cm³/mol. The second kappa shape index (κ2) is 55.9. The van der Waals surface area contributed by atoms with E-state index in [-0.39, 0.29) is 6.42 Å². The van der Waals surface area contributed by atoms with Gasteiger partial charge in [-0.1, -0.05) is 224 Å². The van der Waals surface area contributed by atoms with E-state index in [1.165, 1.54) is 174 Å². The summed E-state index contributed by atoms with van der Waals surface area (Å²) in [5.41, 5.74) is 0. The Kier molecular flexibility index (Phi) is 60.1. The van der Waals surface area contributed by atoms with Gasteiger partial charge in [0.2, 0.25) is 0 Å². The second-order valence-corrected chi connectivity index (χ2v) is 22.4. The fraction of sp³-hybridized carbons (Fsp3) is 0.900. The molecule has 6 nitrogen and oxygen atoms in total. The number of carbonyl (C=O) groups excluding carboxylic acids is 1. The van der Waals surface area contributed by atoms with Crippen molar-refractivity contribution in [3.05, 3.63) is 24.3 Å². The van der Waals surface area contributed by atoms with Crippen LogP contribution in [0.4, 0.5) is 0 Å². The Labute approximate surface area is 415 Å². The first-order valence-corrected chi connectivity index (χ1v) is 28.6. The predicted octanol–water partition coefficient (Wildman–Crippen LogP) is 16.0. The standard InChI is InChI=1S/2C18H34O2.2C12H27N/c2*1-2-3-4-5-6-7-8-9-10-11-12-13-14-15-16-17-18(19)20;2*1-10(2)7-13(8-11(3)4)9-12(5)6/h2*9-10H,2-8,11-17H2,1H3,(H,19,20);2*10-12H,7-9H2,1-6H3/b2*10-9+;;. The number of quaternary nitrogens is 1. The third kappa shape index (κ3) is 73.9. The summed E-state index contributed by atoms with van der Waals surface area (Å²) in [5, 5.41) is 18.7. The summed E-state index contributed by atoms with van der Waals surface area (Å²) in [6, 6.07) is 0. The van der Waals surface area contributed by atoms with Crippen molar-refractivity contribution in [3.63, 3.8) is 0 Å². The van der Waals surface area contributed by atoms with Gasteiger partial charge in [0.15, 0.2) is 0 Å². The Hall–Kier alpha value is -1.66. The van der Waals surface area contributed by atoms with E-state index in [1.54, 1.807) is 4.90 Å². The molecule has 0 aliphatic heterocycles. The number of allylic oxidation sites excluding steroid dienone is 4. The number of carboxylic acid groups (broad SMARTS) is 2. The second-order valence-electron chi connectivity index (χ2n) is 22.4. The Morgan fingerprint density at radius 1 is 0.409 bits per heavy atom. The molecule has 0 heterocycles. The molecule has 0 radical (unpaired) electrons. The van der Waals surface area contributed by atoms with Gasteiger partial charge in [-0.25, -0.2) is 0 Å². The first-order valence-electron chi connectivity index (χ1n) is 28.6. The van der Waals surface area contributed by atoms with Crippen molar-refractivity contribution < 1.29 is 24.7 Å². The lowest BCUT2D eigenvalue weighted by Crippen LogP contribution is -3.13. The smallest absolute Gasteiger partial charge is 0.303 e. The van der Waals surface area contributed by atoms with E-state index in [2.05, 4.69) is 126 Å². The lowest BCUT2D eigenvalue weighted by Gasteiger charge is -2.27. The number of rotatable bonds is 42. The van der Waals surface area contributed by atoms with Crippen molar-refractivity contribution in [2.75, 3.05) is 39.3 Å². The molecule has 66 heavy (non-hydrogen) atoms. The van der Waals surface area contributed by atoms with Crippen molar-refractivity contribution in [3.8, 4) is 0 Å². The van der Waals surface area contributed by atoms with Gasteiger partial charge in [0, 0.05) is 49.8 Å². The fourth-order valence-electron chi connectivity index (χ4n) is 8.44. The molecule has 0 amide bonds. The maximum absolute atomic E-state index is 10.3. The summed E-state index contributed by atoms with van der Waals surface area (Å²) in [5.74, 6) is 3.27. The minimum atomic E-state index is -0.914. The summed E-state index contributed by atoms with van der Waals surface area (Å²) >= 11 is 0. The zero-order valence-electron chi connectivity index (χ0n) is 47.4. The third-order valence-electron chi connectivity index (χ3n) is 11.3. The van der Waals surface area contributed by atoms with Crippen LogP contribution in [0.5, 0.6) is 0 Å². The normalized spacial score (nSPS) is 11.7. The van der Waals surface area contributed by atoms with Crippen LogP contribution >= 0.6 is 0 Å². The van der Waals surface area contributed by atoms with E-state index >= 15 is 0 Å². The molecule has 0 atom stereocenters. The van der Waals surface area contributed by atoms with E-state index in [9.17, 15) is 14.7 Å². The minimum absolute atomic E-state index is 0.220. The molecule has 0 fully saturated rings. The molecule has 0 aliphatic carbocycles. The van der Waals surface area contributed by atoms with E-state index in [0.29, 0.717) is 6.42 Å². The lowest BCUT2D eigenvalue weighted by atomic mass is 10.1. The molecule has 0 aromatic carbocycles. The van der Waals surface area contributed by atoms with E-state index in [1.807, 2.05) is 0 Å². The molecular formula is C60H122N2O4. The van der Waals surface area contributed by atoms with Crippen LogP contribution in [-0.4, -0.2) is 61.2 Å². The van der Waals surface area contributed by atoms with Crippen molar-refractivity contribution >= 4 is 11.9 Å². The number of aliphatic carboxylic acids is 2. The van der Waals surface area contributed by atoms with Gasteiger partial charge < -0.3 is 24.8 Å². The van der Waals surface area contributed by atoms with Gasteiger partial charge in [0.25, 0.3) is 0 Å². The molecule has 0 aliphatic rings. The zero-order chi connectivity index (χ0) is 50.6. The van der Waals surface area contributed by atoms with E-state index < -0.39 is 11.9 Å². The van der Waals surface area contributed by atoms with Crippen LogP contribution in [0.3, 0.4) is 0 Å². The summed E-state index contributed by atoms with van der Waals surface area (Å²) in [6.45, 7) is 40.0. The minimum Gasteiger partial charge on any atom is -0.550 e. The monoisotopic (exact) mass is 935 g/mol. The average Bonchev–Trinajstić information content (AvgIpc) is 3.20. The van der Waals surface area contributed by atoms with Gasteiger partial charge in [-0.05, 0) is 88.4 Å². The van der Waals surface area contributed by atoms with Crippen molar-refractivity contribution in [1.29, 1.82) is 0 Å². The highest BCUT2D eigenvalue weighted by atomic mass is 16.4. The largest absolute Gasteiger partial charge is 0.550 e. The SMILES string of the molecule is CC(C)CN(CC(C)C)CC(C)C.CC(C)C[NH+](CC(C)C)CC(C)C.CCCCCCCC/C=C/CCCCCCCC(=O)O.CCCCCCCC/C=C/CCCCCCCC(=O)[O-]. The highest BCUT2D eigenvalue weighted by Crippen LogP contribution is 2.12. The first-order chi connectivity index (χ1) is 31.4. The Balaban J connectivity index is -0.000000396. The number of carboxylic acids is 2. The van der Waals surface area contributed by atoms with Crippen molar-refractivity contribution in [1.82, 2.24) is 4.90 Å². The Morgan fingerprint density at radius 2 is 0.667 bits per heavy atom. The summed E-state index contributed by atoms with van der Waals surface area (Å²) in [7, 11) is 0. The van der Waals surface area contributed by atoms with Crippen LogP contribution in [0.2, 0.25) is 0 Å². The van der Waals surface area contributed by atoms with Crippen LogP contribution in [0, 0.1) is 35.5 Å². The Bertz CT molecular complexity index is 890. The molecule has 2 N–H and O–H groups in total. The van der Waals surface area contributed by atoms with Crippen LogP contribution < -0.4 is 10.0 Å². The van der Waals surface area contributed by atoms with Crippen LogP contribution in [0.15, 0.2) is 24.3 Å². The van der Waals surface area contributed by atoms with Gasteiger partial charge in [-0.15, -0.1) is 0 Å². The fourth-order valence-corrected chi connectivity index (χ4v) is 8.44. The first kappa shape index (κ1) is 70.9. The van der Waals surface area contributed by atoms with Gasteiger partial charge in [0.1, 0.15) is 0 Å². The third-order valence-corrected chi connectivity index (χ3v) is 11.3. The molecule has 0 saturated heterocycles. The number of carbonyl (C=O) groups is 2. The molecule has 0 aromatic rings. The van der Waals surface area contributed by atoms with Crippen molar-refractivity contribution in [2.45, 2.75) is 277 Å². The zero-order valence-corrected chi connectivity index (χ0v) is 47.4. The molecule has 6 heteroatoms. The van der Waals surface area contributed by atoms with Crippen molar-refractivity contribution in [2.24, 2.45) is 35.5 Å². The molecule has 396 valence electrons. The van der Waals surface area contributed by atoms with E-state index in [4.69, 9.17) is 5.11 Å². The number of hydrogen-bond donors (Lipinski definition) is 2. The highest BCUT2D eigenvalue weighted by Gasteiger charge is 2.14. The molecular weight excluding hydrogens is 813 g/mol.